The largest absolute Gasteiger partial charge is 0.453 e. The lowest BCUT2D eigenvalue weighted by molar-refractivity contribution is -0.660. The van der Waals surface area contributed by atoms with Gasteiger partial charge in [0, 0.05) is 40.2 Å². The zero-order chi connectivity index (χ0) is 26.5. The highest BCUT2D eigenvalue weighted by atomic mass is 16.3. The maximum absolute atomic E-state index is 8.56. The number of furan rings is 1. The van der Waals surface area contributed by atoms with Gasteiger partial charge in [0.2, 0.25) is 5.69 Å². The van der Waals surface area contributed by atoms with Gasteiger partial charge in [0.1, 0.15) is 12.6 Å². The average molecular weight is 438 g/mol. The van der Waals surface area contributed by atoms with Gasteiger partial charge in [0.05, 0.1) is 5.56 Å². The number of hydrogen-bond donors (Lipinski definition) is 0. The quantitative estimate of drug-likeness (QED) is 0.273. The molecular weight excluding hydrogens is 404 g/mol. The van der Waals surface area contributed by atoms with Crippen molar-refractivity contribution in [2.75, 3.05) is 0 Å². The normalized spacial score (nSPS) is 19.7. The molecule has 33 heavy (non-hydrogen) atoms. The summed E-state index contributed by atoms with van der Waals surface area (Å²) in [5, 5.41) is 0.883. The molecule has 5 aromatic rings. The highest BCUT2D eigenvalue weighted by Crippen LogP contribution is 2.52. The van der Waals surface area contributed by atoms with Crippen LogP contribution in [-0.2, 0) is 12.5 Å². The molecule has 0 radical (unpaired) electrons. The van der Waals surface area contributed by atoms with Crippen molar-refractivity contribution in [3.63, 3.8) is 0 Å². The summed E-state index contributed by atoms with van der Waals surface area (Å²) in [5.41, 5.74) is 7.85. The van der Waals surface area contributed by atoms with Crippen molar-refractivity contribution < 1.29 is 14.5 Å². The van der Waals surface area contributed by atoms with Crippen LogP contribution in [0.5, 0.6) is 0 Å². The molecule has 164 valence electrons. The number of aromatic nitrogens is 2. The van der Waals surface area contributed by atoms with Crippen LogP contribution in [0, 0.1) is 6.92 Å². The Labute approximate surface area is 200 Å². The van der Waals surface area contributed by atoms with Gasteiger partial charge in [0.25, 0.3) is 0 Å². The molecule has 3 aromatic heterocycles. The lowest BCUT2D eigenvalue weighted by Crippen LogP contribution is -2.31. The third-order valence-electron chi connectivity index (χ3n) is 7.12. The van der Waals surface area contributed by atoms with Gasteiger partial charge >= 0.3 is 0 Å². The molecule has 0 saturated heterocycles. The number of aryl methyl sites for hydroxylation is 2. The first-order chi connectivity index (χ1) is 17.3. The molecule has 0 saturated carbocycles. The van der Waals surface area contributed by atoms with Gasteiger partial charge in [0.15, 0.2) is 17.4 Å². The van der Waals surface area contributed by atoms with E-state index >= 15 is 0 Å². The maximum Gasteiger partial charge on any atom is 0.216 e. The first-order valence-electron chi connectivity index (χ1n) is 13.3. The van der Waals surface area contributed by atoms with E-state index in [1.807, 2.05) is 68.1 Å². The van der Waals surface area contributed by atoms with Crippen molar-refractivity contribution >= 4 is 22.1 Å². The van der Waals surface area contributed by atoms with Crippen LogP contribution in [-0.4, -0.2) is 4.98 Å². The van der Waals surface area contributed by atoms with Crippen LogP contribution in [0.1, 0.15) is 61.3 Å². The Balaban J connectivity index is 1.72. The zero-order valence-electron chi connectivity index (χ0n) is 23.6. The summed E-state index contributed by atoms with van der Waals surface area (Å²) < 4.78 is 42.6. The van der Waals surface area contributed by atoms with E-state index in [2.05, 4.69) is 19.1 Å². The second-order valence-electron chi connectivity index (χ2n) is 9.54. The van der Waals surface area contributed by atoms with Crippen molar-refractivity contribution in [2.24, 2.45) is 7.05 Å². The van der Waals surface area contributed by atoms with E-state index in [0.29, 0.717) is 16.7 Å². The zero-order valence-corrected chi connectivity index (χ0v) is 19.6. The van der Waals surface area contributed by atoms with Gasteiger partial charge in [-0.3, -0.25) is 4.98 Å². The van der Waals surface area contributed by atoms with Crippen LogP contribution in [0.25, 0.3) is 44.5 Å². The smallest absolute Gasteiger partial charge is 0.216 e. The Morgan fingerprint density at radius 3 is 2.67 bits per heavy atom. The molecule has 1 aliphatic rings. The SMILES string of the molecule is [2H]C(C)(C)c1cc[n+](C)c(-c2c(C)ccc3c2oc2c4c(cnc23)C(C)(C([2H])([2H])[2H])c2ccccc2-4)c1. The van der Waals surface area contributed by atoms with Crippen molar-refractivity contribution in [3.05, 3.63) is 83.2 Å². The fourth-order valence-electron chi connectivity index (χ4n) is 5.24. The number of benzene rings is 2. The molecule has 1 unspecified atom stereocenters. The molecule has 0 aliphatic heterocycles. The van der Waals surface area contributed by atoms with Gasteiger partial charge in [-0.05, 0) is 46.7 Å². The Kier molecular flexibility index (Phi) is 3.32. The summed E-state index contributed by atoms with van der Waals surface area (Å²) in [6.45, 7) is 5.35. The highest BCUT2D eigenvalue weighted by Gasteiger charge is 2.38. The summed E-state index contributed by atoms with van der Waals surface area (Å²) >= 11 is 0. The molecule has 0 amide bonds. The average Bonchev–Trinajstić information content (AvgIpc) is 3.33. The fourth-order valence-corrected chi connectivity index (χ4v) is 5.24. The molecule has 0 spiro atoms. The number of hydrogen-bond acceptors (Lipinski definition) is 2. The predicted molar refractivity (Wildman–Crippen MR) is 135 cm³/mol. The van der Waals surface area contributed by atoms with E-state index in [1.165, 1.54) is 0 Å². The molecule has 0 N–H and O–H groups in total. The van der Waals surface area contributed by atoms with E-state index < -0.39 is 18.2 Å². The Hall–Kier alpha value is -3.46. The van der Waals surface area contributed by atoms with Gasteiger partial charge in [-0.1, -0.05) is 58.0 Å². The molecule has 0 bridgehead atoms. The maximum atomic E-state index is 8.56. The molecule has 6 rings (SSSR count). The second kappa shape index (κ2) is 6.77. The van der Waals surface area contributed by atoms with Crippen molar-refractivity contribution in [1.29, 1.82) is 0 Å². The third kappa shape index (κ3) is 2.68. The van der Waals surface area contributed by atoms with Crippen molar-refractivity contribution in [2.45, 2.75) is 45.9 Å². The standard InChI is InChI=1S/C30H29N2O/c1-17(2)19-13-14-32(6)24(15-19)25-18(3)11-12-21-27-29(33-28(21)25)26-20-9-7-8-10-22(20)30(4,5)23(26)16-31-27/h7-17H,1-6H3/q+1/i4D3,17D. The second-order valence-corrected chi connectivity index (χ2v) is 9.54. The third-order valence-corrected chi connectivity index (χ3v) is 7.12. The van der Waals surface area contributed by atoms with Gasteiger partial charge in [-0.15, -0.1) is 0 Å². The minimum atomic E-state index is -2.26. The predicted octanol–water partition coefficient (Wildman–Crippen LogP) is 7.21. The first-order valence-corrected chi connectivity index (χ1v) is 11.3. The van der Waals surface area contributed by atoms with Crippen LogP contribution in [0.15, 0.2) is 65.3 Å². The molecular formula is C30H29N2O+. The van der Waals surface area contributed by atoms with Crippen molar-refractivity contribution in [3.8, 4) is 22.4 Å². The summed E-state index contributed by atoms with van der Waals surface area (Å²) in [6.07, 6.45) is 3.71. The van der Waals surface area contributed by atoms with E-state index in [9.17, 15) is 0 Å². The fraction of sp³-hybridized carbons (Fsp3) is 0.267. The summed E-state index contributed by atoms with van der Waals surface area (Å²) in [7, 11) is 1.99. The minimum absolute atomic E-state index is 0.611. The van der Waals surface area contributed by atoms with Crippen LogP contribution < -0.4 is 4.57 Å². The topological polar surface area (TPSA) is 29.9 Å². The lowest BCUT2D eigenvalue weighted by atomic mass is 9.83. The first kappa shape index (κ1) is 16.2. The van der Waals surface area contributed by atoms with E-state index in [1.54, 1.807) is 13.1 Å². The number of fused-ring (bicyclic) bond motifs is 7. The molecule has 3 heteroatoms. The van der Waals surface area contributed by atoms with Crippen molar-refractivity contribution in [1.82, 2.24) is 4.98 Å². The van der Waals surface area contributed by atoms with Crippen LogP contribution in [0.3, 0.4) is 0 Å². The van der Waals surface area contributed by atoms with Crippen LogP contribution in [0.2, 0.25) is 0 Å². The summed E-state index contributed by atoms with van der Waals surface area (Å²) in [5.74, 6) is -0.746. The number of pyridine rings is 2. The Morgan fingerprint density at radius 1 is 1.06 bits per heavy atom. The van der Waals surface area contributed by atoms with Crippen LogP contribution in [0.4, 0.5) is 0 Å². The highest BCUT2D eigenvalue weighted by molar-refractivity contribution is 6.12. The molecule has 3 heterocycles. The summed E-state index contributed by atoms with van der Waals surface area (Å²) in [4.78, 5) is 4.80. The molecule has 1 atom stereocenters. The van der Waals surface area contributed by atoms with Gasteiger partial charge in [-0.2, -0.15) is 0 Å². The van der Waals surface area contributed by atoms with Gasteiger partial charge < -0.3 is 4.42 Å². The van der Waals surface area contributed by atoms with E-state index in [0.717, 1.165) is 50.0 Å². The molecule has 3 nitrogen and oxygen atoms in total. The summed E-state index contributed by atoms with van der Waals surface area (Å²) in [6, 6.07) is 15.8. The number of rotatable bonds is 2. The number of nitrogens with zero attached hydrogens (tertiary/aromatic N) is 2. The van der Waals surface area contributed by atoms with E-state index in [4.69, 9.17) is 14.9 Å². The minimum Gasteiger partial charge on any atom is -0.453 e. The molecule has 1 aliphatic carbocycles. The lowest BCUT2D eigenvalue weighted by Gasteiger charge is -2.20. The Bertz CT molecular complexity index is 1740. The van der Waals surface area contributed by atoms with Gasteiger partial charge in [-0.25, -0.2) is 4.57 Å². The van der Waals surface area contributed by atoms with Crippen LogP contribution >= 0.6 is 0 Å². The molecule has 0 fully saturated rings. The monoisotopic (exact) mass is 437 g/mol. The van der Waals surface area contributed by atoms with E-state index in [-0.39, 0.29) is 0 Å². The molecule has 2 aromatic carbocycles. The Morgan fingerprint density at radius 2 is 1.88 bits per heavy atom.